The van der Waals surface area contributed by atoms with Crippen LogP contribution in [0.2, 0.25) is 0 Å². The zero-order valence-corrected chi connectivity index (χ0v) is 10.1. The molecule has 3 N–H and O–H groups in total. The van der Waals surface area contributed by atoms with Crippen LogP contribution in [0, 0.1) is 0 Å². The summed E-state index contributed by atoms with van der Waals surface area (Å²) in [6.45, 7) is 0.120. The van der Waals surface area contributed by atoms with Crippen molar-refractivity contribution in [2.45, 2.75) is 23.8 Å². The molecule has 0 fully saturated rings. The van der Waals surface area contributed by atoms with Crippen LogP contribution in [0.15, 0.2) is 29.2 Å². The summed E-state index contributed by atoms with van der Waals surface area (Å²) in [6, 6.07) is 6.41. The minimum Gasteiger partial charge on any atom is -0.396 e. The molecular weight excluding hydrogens is 226 g/mol. The van der Waals surface area contributed by atoms with Crippen molar-refractivity contribution < 1.29 is 13.5 Å². The quantitative estimate of drug-likeness (QED) is 0.804. The lowest BCUT2D eigenvalue weighted by atomic mass is 10.0. The van der Waals surface area contributed by atoms with Gasteiger partial charge in [-0.2, -0.15) is 0 Å². The van der Waals surface area contributed by atoms with Gasteiger partial charge in [0.25, 0.3) is 0 Å². The molecule has 0 aliphatic carbocycles. The maximum atomic E-state index is 11.2. The molecule has 0 aromatic heterocycles. The number of sulfone groups is 1. The van der Waals surface area contributed by atoms with Gasteiger partial charge in [0, 0.05) is 18.9 Å². The molecule has 0 amide bonds. The molecule has 0 bridgehead atoms. The van der Waals surface area contributed by atoms with Crippen molar-refractivity contribution in [3.05, 3.63) is 29.8 Å². The number of benzene rings is 1. The highest BCUT2D eigenvalue weighted by molar-refractivity contribution is 7.90. The van der Waals surface area contributed by atoms with E-state index in [1.54, 1.807) is 24.3 Å². The third-order valence-corrected chi connectivity index (χ3v) is 3.54. The van der Waals surface area contributed by atoms with E-state index in [4.69, 9.17) is 10.8 Å². The second-order valence-corrected chi connectivity index (χ2v) is 5.83. The van der Waals surface area contributed by atoms with Crippen LogP contribution in [0.3, 0.4) is 0 Å². The Bertz CT molecular complexity index is 425. The normalized spacial score (nSPS) is 13.7. The second-order valence-electron chi connectivity index (χ2n) is 3.81. The van der Waals surface area contributed by atoms with E-state index in [1.807, 2.05) is 0 Å². The van der Waals surface area contributed by atoms with Gasteiger partial charge in [-0.05, 0) is 30.5 Å². The molecule has 0 radical (unpaired) electrons. The molecule has 1 aromatic rings. The van der Waals surface area contributed by atoms with Crippen molar-refractivity contribution in [1.82, 2.24) is 0 Å². The van der Waals surface area contributed by atoms with E-state index in [1.165, 1.54) is 6.26 Å². The molecule has 90 valence electrons. The number of aliphatic hydroxyl groups is 1. The van der Waals surface area contributed by atoms with Gasteiger partial charge in [-0.15, -0.1) is 0 Å². The van der Waals surface area contributed by atoms with E-state index in [9.17, 15) is 8.42 Å². The maximum absolute atomic E-state index is 11.2. The van der Waals surface area contributed by atoms with Gasteiger partial charge in [0.1, 0.15) is 0 Å². The molecule has 0 aliphatic rings. The van der Waals surface area contributed by atoms with Gasteiger partial charge in [-0.1, -0.05) is 12.1 Å². The summed E-state index contributed by atoms with van der Waals surface area (Å²) in [7, 11) is -3.14. The van der Waals surface area contributed by atoms with Crippen molar-refractivity contribution in [1.29, 1.82) is 0 Å². The van der Waals surface area contributed by atoms with Gasteiger partial charge < -0.3 is 10.8 Å². The van der Waals surface area contributed by atoms with Gasteiger partial charge in [0.15, 0.2) is 9.84 Å². The molecule has 0 heterocycles. The van der Waals surface area contributed by atoms with Crippen molar-refractivity contribution in [2.75, 3.05) is 12.9 Å². The standard InChI is InChI=1S/C11H17NO3S/c1-16(14,15)10-6-4-9(5-7-10)11(12)3-2-8-13/h4-7,11,13H,2-3,8,12H2,1H3/t11-/m0/s1. The van der Waals surface area contributed by atoms with Crippen LogP contribution in [-0.4, -0.2) is 26.4 Å². The molecule has 1 atom stereocenters. The van der Waals surface area contributed by atoms with E-state index in [-0.39, 0.29) is 12.6 Å². The molecule has 1 rings (SSSR count). The van der Waals surface area contributed by atoms with Crippen LogP contribution in [-0.2, 0) is 9.84 Å². The van der Waals surface area contributed by atoms with E-state index < -0.39 is 9.84 Å². The average molecular weight is 243 g/mol. The van der Waals surface area contributed by atoms with Gasteiger partial charge >= 0.3 is 0 Å². The first-order valence-corrected chi connectivity index (χ1v) is 7.00. The molecule has 5 heteroatoms. The lowest BCUT2D eigenvalue weighted by Crippen LogP contribution is -2.11. The molecule has 0 saturated carbocycles. The monoisotopic (exact) mass is 243 g/mol. The van der Waals surface area contributed by atoms with Crippen molar-refractivity contribution in [3.63, 3.8) is 0 Å². The van der Waals surface area contributed by atoms with E-state index in [2.05, 4.69) is 0 Å². The number of rotatable bonds is 5. The second kappa shape index (κ2) is 5.43. The SMILES string of the molecule is CS(=O)(=O)c1ccc([C@@H](N)CCCO)cc1. The predicted molar refractivity (Wildman–Crippen MR) is 62.8 cm³/mol. The highest BCUT2D eigenvalue weighted by Gasteiger charge is 2.09. The summed E-state index contributed by atoms with van der Waals surface area (Å²) in [5.74, 6) is 0. The number of aliphatic hydroxyl groups excluding tert-OH is 1. The minimum absolute atomic E-state index is 0.120. The third kappa shape index (κ3) is 3.59. The molecule has 0 saturated heterocycles. The Morgan fingerprint density at radius 2 is 1.88 bits per heavy atom. The van der Waals surface area contributed by atoms with E-state index in [0.717, 1.165) is 5.56 Å². The van der Waals surface area contributed by atoms with Gasteiger partial charge in [-0.3, -0.25) is 0 Å². The van der Waals surface area contributed by atoms with E-state index in [0.29, 0.717) is 17.7 Å². The zero-order valence-electron chi connectivity index (χ0n) is 9.26. The van der Waals surface area contributed by atoms with Crippen molar-refractivity contribution in [3.8, 4) is 0 Å². The van der Waals surface area contributed by atoms with Crippen LogP contribution in [0.25, 0.3) is 0 Å². The van der Waals surface area contributed by atoms with Gasteiger partial charge in [-0.25, -0.2) is 8.42 Å². The molecular formula is C11H17NO3S. The summed E-state index contributed by atoms with van der Waals surface area (Å²) in [6.07, 6.45) is 2.51. The Morgan fingerprint density at radius 1 is 1.31 bits per heavy atom. The molecule has 1 aromatic carbocycles. The summed E-state index contributed by atoms with van der Waals surface area (Å²) >= 11 is 0. The Labute approximate surface area is 96.0 Å². The highest BCUT2D eigenvalue weighted by atomic mass is 32.2. The van der Waals surface area contributed by atoms with Crippen LogP contribution in [0.4, 0.5) is 0 Å². The fraction of sp³-hybridized carbons (Fsp3) is 0.455. The fourth-order valence-electron chi connectivity index (χ4n) is 1.44. The van der Waals surface area contributed by atoms with E-state index >= 15 is 0 Å². The van der Waals surface area contributed by atoms with Crippen LogP contribution in [0.5, 0.6) is 0 Å². The average Bonchev–Trinajstić information content (AvgIpc) is 2.25. The van der Waals surface area contributed by atoms with Crippen LogP contribution in [0.1, 0.15) is 24.4 Å². The molecule has 0 unspecified atom stereocenters. The largest absolute Gasteiger partial charge is 0.396 e. The Kier molecular flexibility index (Phi) is 4.46. The zero-order chi connectivity index (χ0) is 12.2. The number of hydrogen-bond donors (Lipinski definition) is 2. The summed E-state index contributed by atoms with van der Waals surface area (Å²) < 4.78 is 22.4. The predicted octanol–water partition coefficient (Wildman–Crippen LogP) is 0.862. The smallest absolute Gasteiger partial charge is 0.175 e. The van der Waals surface area contributed by atoms with Crippen molar-refractivity contribution in [2.24, 2.45) is 5.73 Å². The molecule has 0 spiro atoms. The van der Waals surface area contributed by atoms with Gasteiger partial charge in [0.05, 0.1) is 4.90 Å². The Balaban J connectivity index is 2.79. The lowest BCUT2D eigenvalue weighted by Gasteiger charge is -2.11. The summed E-state index contributed by atoms with van der Waals surface area (Å²) in [5.41, 5.74) is 6.77. The summed E-state index contributed by atoms with van der Waals surface area (Å²) in [5, 5.41) is 8.68. The Hall–Kier alpha value is -0.910. The number of nitrogens with two attached hydrogens (primary N) is 1. The first-order valence-electron chi connectivity index (χ1n) is 5.11. The molecule has 16 heavy (non-hydrogen) atoms. The third-order valence-electron chi connectivity index (χ3n) is 2.41. The minimum atomic E-state index is -3.14. The molecule has 4 nitrogen and oxygen atoms in total. The highest BCUT2D eigenvalue weighted by Crippen LogP contribution is 2.18. The first kappa shape index (κ1) is 13.2. The topological polar surface area (TPSA) is 80.4 Å². The van der Waals surface area contributed by atoms with Crippen molar-refractivity contribution >= 4 is 9.84 Å². The van der Waals surface area contributed by atoms with Gasteiger partial charge in [0.2, 0.25) is 0 Å². The summed E-state index contributed by atoms with van der Waals surface area (Å²) in [4.78, 5) is 0.297. The Morgan fingerprint density at radius 3 is 2.31 bits per heavy atom. The fourth-order valence-corrected chi connectivity index (χ4v) is 2.07. The molecule has 0 aliphatic heterocycles. The first-order chi connectivity index (χ1) is 7.45. The maximum Gasteiger partial charge on any atom is 0.175 e. The number of hydrogen-bond acceptors (Lipinski definition) is 4. The lowest BCUT2D eigenvalue weighted by molar-refractivity contribution is 0.280. The van der Waals surface area contributed by atoms with Crippen LogP contribution >= 0.6 is 0 Å². The van der Waals surface area contributed by atoms with Crippen LogP contribution < -0.4 is 5.73 Å².